The maximum Gasteiger partial charge on any atom is 0.321 e. The Kier molecular flexibility index (Phi) is 11.4. The molecule has 0 spiro atoms. The lowest BCUT2D eigenvalue weighted by Crippen LogP contribution is -2.31. The highest BCUT2D eigenvalue weighted by Gasteiger charge is 2.10. The molecule has 0 bridgehead atoms. The molecule has 0 aromatic carbocycles. The molecule has 7 N–H and O–H groups in total. The molecule has 0 amide bonds. The van der Waals surface area contributed by atoms with E-state index in [0.29, 0.717) is 6.42 Å². The average Bonchev–Trinajstić information content (AvgIpc) is 2.27. The van der Waals surface area contributed by atoms with Crippen molar-refractivity contribution < 1.29 is 29.7 Å². The van der Waals surface area contributed by atoms with Gasteiger partial charge in [-0.05, 0) is 12.8 Å². The van der Waals surface area contributed by atoms with E-state index in [1.165, 1.54) is 0 Å². The summed E-state index contributed by atoms with van der Waals surface area (Å²) in [4.78, 5) is 29.8. The number of hydrogen-bond donors (Lipinski definition) is 6. The van der Waals surface area contributed by atoms with Crippen LogP contribution >= 0.6 is 12.6 Å². The van der Waals surface area contributed by atoms with E-state index in [1.807, 2.05) is 0 Å². The summed E-state index contributed by atoms with van der Waals surface area (Å²) in [6, 6.07) is -1.75. The second-order valence-electron chi connectivity index (χ2n) is 3.36. The van der Waals surface area contributed by atoms with Crippen LogP contribution < -0.4 is 11.5 Å². The van der Waals surface area contributed by atoms with E-state index in [-0.39, 0.29) is 18.6 Å². The summed E-state index contributed by atoms with van der Waals surface area (Å²) in [5, 5.41) is 24.5. The Morgan fingerprint density at radius 1 is 1.00 bits per heavy atom. The predicted octanol–water partition coefficient (Wildman–Crippen LogP) is -1.02. The van der Waals surface area contributed by atoms with Crippen LogP contribution in [0.4, 0.5) is 0 Å². The molecule has 0 aromatic rings. The summed E-state index contributed by atoms with van der Waals surface area (Å²) in [5.41, 5.74) is 10.1. The minimum Gasteiger partial charge on any atom is -0.481 e. The zero-order chi connectivity index (χ0) is 14.7. The first-order chi connectivity index (χ1) is 8.22. The van der Waals surface area contributed by atoms with Crippen molar-refractivity contribution in [3.63, 3.8) is 0 Å². The highest BCUT2D eigenvalue weighted by atomic mass is 32.1. The fraction of sp³-hybridized carbons (Fsp3) is 0.667. The number of carbonyl (C=O) groups is 3. The van der Waals surface area contributed by atoms with Crippen molar-refractivity contribution in [1.82, 2.24) is 0 Å². The van der Waals surface area contributed by atoms with Crippen molar-refractivity contribution in [2.45, 2.75) is 31.3 Å². The Morgan fingerprint density at radius 2 is 1.44 bits per heavy atom. The molecule has 2 atom stereocenters. The Morgan fingerprint density at radius 3 is 1.67 bits per heavy atom. The van der Waals surface area contributed by atoms with Crippen LogP contribution in [0.3, 0.4) is 0 Å². The summed E-state index contributed by atoms with van der Waals surface area (Å²) in [6.07, 6.45) is 0.491. The van der Waals surface area contributed by atoms with Gasteiger partial charge in [0.1, 0.15) is 12.1 Å². The smallest absolute Gasteiger partial charge is 0.321 e. The zero-order valence-corrected chi connectivity index (χ0v) is 10.5. The molecule has 9 heteroatoms. The van der Waals surface area contributed by atoms with Gasteiger partial charge in [-0.25, -0.2) is 0 Å². The molecule has 0 aliphatic heterocycles. The zero-order valence-electron chi connectivity index (χ0n) is 9.65. The standard InChI is InChI=1S/C6H11NO4.C3H7NO2S/c7-4(6(10)11)2-1-3-5(8)9;4-2(1-7)3(5)6/h4H,1-3,7H2,(H,8,9)(H,10,11);2,7H,1,4H2,(H,5,6)/t;2-/m.0/s1. The molecule has 106 valence electrons. The third-order valence-electron chi connectivity index (χ3n) is 1.74. The van der Waals surface area contributed by atoms with Crippen LogP contribution in [-0.4, -0.2) is 51.1 Å². The van der Waals surface area contributed by atoms with Gasteiger partial charge in [-0.1, -0.05) is 0 Å². The van der Waals surface area contributed by atoms with Crippen LogP contribution in [0.1, 0.15) is 19.3 Å². The normalized spacial score (nSPS) is 12.8. The number of thiol groups is 1. The fourth-order valence-electron chi connectivity index (χ4n) is 0.675. The second kappa shape index (κ2) is 10.8. The minimum absolute atomic E-state index is 0.0268. The average molecular weight is 282 g/mol. The molecule has 0 aromatic heterocycles. The van der Waals surface area contributed by atoms with Crippen molar-refractivity contribution in [2.24, 2.45) is 11.5 Å². The van der Waals surface area contributed by atoms with Gasteiger partial charge in [-0.15, -0.1) is 0 Å². The van der Waals surface area contributed by atoms with Crippen LogP contribution in [0.15, 0.2) is 0 Å². The Bertz CT molecular complexity index is 286. The first-order valence-electron chi connectivity index (χ1n) is 5.01. The van der Waals surface area contributed by atoms with Gasteiger partial charge < -0.3 is 26.8 Å². The summed E-state index contributed by atoms with van der Waals surface area (Å²) >= 11 is 3.65. The predicted molar refractivity (Wildman–Crippen MR) is 66.6 cm³/mol. The van der Waals surface area contributed by atoms with Crippen LogP contribution in [0.2, 0.25) is 0 Å². The van der Waals surface area contributed by atoms with Crippen molar-refractivity contribution >= 4 is 30.5 Å². The number of nitrogens with two attached hydrogens (primary N) is 2. The summed E-state index contributed by atoms with van der Waals surface area (Å²) < 4.78 is 0. The summed E-state index contributed by atoms with van der Waals surface area (Å²) in [7, 11) is 0. The minimum atomic E-state index is -1.09. The third-order valence-corrected chi connectivity index (χ3v) is 2.13. The first kappa shape index (κ1) is 19.0. The number of carboxylic acids is 3. The van der Waals surface area contributed by atoms with Crippen LogP contribution in [-0.2, 0) is 14.4 Å². The van der Waals surface area contributed by atoms with E-state index < -0.39 is 30.0 Å². The largest absolute Gasteiger partial charge is 0.481 e. The molecule has 0 aliphatic rings. The Hall–Kier alpha value is -1.32. The maximum atomic E-state index is 10.1. The highest BCUT2D eigenvalue weighted by Crippen LogP contribution is 1.98. The van der Waals surface area contributed by atoms with Gasteiger partial charge in [-0.3, -0.25) is 14.4 Å². The van der Waals surface area contributed by atoms with Crippen molar-refractivity contribution in [2.75, 3.05) is 5.75 Å². The van der Waals surface area contributed by atoms with Crippen molar-refractivity contribution in [3.8, 4) is 0 Å². The van der Waals surface area contributed by atoms with Crippen LogP contribution in [0.25, 0.3) is 0 Å². The van der Waals surface area contributed by atoms with E-state index in [4.69, 9.17) is 26.8 Å². The molecule has 0 saturated carbocycles. The molecule has 0 fully saturated rings. The highest BCUT2D eigenvalue weighted by molar-refractivity contribution is 7.80. The number of carboxylic acid groups (broad SMARTS) is 3. The molecule has 0 aliphatic carbocycles. The van der Waals surface area contributed by atoms with Crippen molar-refractivity contribution in [1.29, 1.82) is 0 Å². The topological polar surface area (TPSA) is 164 Å². The molecule has 0 rings (SSSR count). The summed E-state index contributed by atoms with van der Waals surface area (Å²) in [5.74, 6) is -2.83. The lowest BCUT2D eigenvalue weighted by molar-refractivity contribution is -0.140. The lowest BCUT2D eigenvalue weighted by Gasteiger charge is -2.02. The van der Waals surface area contributed by atoms with E-state index in [0.717, 1.165) is 0 Å². The van der Waals surface area contributed by atoms with E-state index >= 15 is 0 Å². The van der Waals surface area contributed by atoms with Gasteiger partial charge in [-0.2, -0.15) is 12.6 Å². The first-order valence-corrected chi connectivity index (χ1v) is 5.65. The Balaban J connectivity index is 0. The molecule has 0 heterocycles. The van der Waals surface area contributed by atoms with Gasteiger partial charge in [0.2, 0.25) is 0 Å². The lowest BCUT2D eigenvalue weighted by atomic mass is 10.1. The third kappa shape index (κ3) is 12.7. The van der Waals surface area contributed by atoms with Gasteiger partial charge in [0, 0.05) is 12.2 Å². The molecule has 0 saturated heterocycles. The molecular formula is C9H18N2O6S. The molecule has 8 nitrogen and oxygen atoms in total. The molecular weight excluding hydrogens is 264 g/mol. The Labute approximate surface area is 109 Å². The number of hydrogen-bond acceptors (Lipinski definition) is 6. The quantitative estimate of drug-likeness (QED) is 0.323. The summed E-state index contributed by atoms with van der Waals surface area (Å²) in [6.45, 7) is 0. The van der Waals surface area contributed by atoms with E-state index in [9.17, 15) is 14.4 Å². The van der Waals surface area contributed by atoms with Gasteiger partial charge in [0.05, 0.1) is 0 Å². The molecule has 0 radical (unpaired) electrons. The van der Waals surface area contributed by atoms with Gasteiger partial charge in [0.15, 0.2) is 0 Å². The molecule has 1 unspecified atom stereocenters. The van der Waals surface area contributed by atoms with Gasteiger partial charge >= 0.3 is 17.9 Å². The second-order valence-corrected chi connectivity index (χ2v) is 3.72. The van der Waals surface area contributed by atoms with Crippen molar-refractivity contribution in [3.05, 3.63) is 0 Å². The fourth-order valence-corrected chi connectivity index (χ4v) is 0.831. The van der Waals surface area contributed by atoms with E-state index in [1.54, 1.807) is 0 Å². The van der Waals surface area contributed by atoms with Gasteiger partial charge in [0.25, 0.3) is 0 Å². The van der Waals surface area contributed by atoms with E-state index in [2.05, 4.69) is 12.6 Å². The maximum absolute atomic E-state index is 10.1. The monoisotopic (exact) mass is 282 g/mol. The van der Waals surface area contributed by atoms with Crippen LogP contribution in [0, 0.1) is 0 Å². The number of aliphatic carboxylic acids is 3. The van der Waals surface area contributed by atoms with Crippen LogP contribution in [0.5, 0.6) is 0 Å². The SMILES string of the molecule is NC(CCCC(=O)O)C(=O)O.N[C@@H](CS)C(=O)O. The number of rotatable bonds is 7. The molecule has 18 heavy (non-hydrogen) atoms.